The van der Waals surface area contributed by atoms with Gasteiger partial charge in [0.1, 0.15) is 12.6 Å². The van der Waals surface area contributed by atoms with Gasteiger partial charge in [-0.1, -0.05) is 54.6 Å². The Hall–Kier alpha value is -4.14. The van der Waals surface area contributed by atoms with E-state index in [0.717, 1.165) is 29.4 Å². The second-order valence-corrected chi connectivity index (χ2v) is 7.74. The summed E-state index contributed by atoms with van der Waals surface area (Å²) >= 11 is 0. The number of nitrogens with one attached hydrogen (secondary N) is 2. The zero-order valence-corrected chi connectivity index (χ0v) is 18.9. The minimum absolute atomic E-state index is 0.00463. The van der Waals surface area contributed by atoms with Crippen LogP contribution in [0, 0.1) is 0 Å². The zero-order valence-electron chi connectivity index (χ0n) is 18.9. The number of benzene rings is 2. The Kier molecular flexibility index (Phi) is 8.02. The highest BCUT2D eigenvalue weighted by Gasteiger charge is 2.29. The molecule has 3 N–H and O–H groups in total. The Morgan fingerprint density at radius 1 is 1.03 bits per heavy atom. The van der Waals surface area contributed by atoms with Crippen LogP contribution in [0.25, 0.3) is 11.1 Å². The van der Waals surface area contributed by atoms with E-state index in [1.54, 1.807) is 0 Å². The molecule has 0 radical (unpaired) electrons. The van der Waals surface area contributed by atoms with Gasteiger partial charge in [0.2, 0.25) is 5.91 Å². The molecule has 0 heterocycles. The lowest BCUT2D eigenvalue weighted by molar-refractivity contribution is -0.148. The van der Waals surface area contributed by atoms with Crippen molar-refractivity contribution in [1.82, 2.24) is 10.6 Å². The summed E-state index contributed by atoms with van der Waals surface area (Å²) in [6, 6.07) is 14.6. The molecule has 0 saturated carbocycles. The first kappa shape index (κ1) is 24.5. The number of ether oxygens (including phenoxy) is 2. The maximum atomic E-state index is 12.2. The maximum Gasteiger partial charge on any atom is 0.407 e. The molecule has 9 nitrogen and oxygen atoms in total. The highest BCUT2D eigenvalue weighted by Crippen LogP contribution is 2.44. The summed E-state index contributed by atoms with van der Waals surface area (Å²) < 4.78 is 9.86. The molecule has 2 aromatic rings. The monoisotopic (exact) mass is 466 g/mol. The molecule has 1 atom stereocenters. The van der Waals surface area contributed by atoms with Gasteiger partial charge in [-0.15, -0.1) is 0 Å². The van der Waals surface area contributed by atoms with Gasteiger partial charge in [-0.2, -0.15) is 0 Å². The van der Waals surface area contributed by atoms with E-state index in [1.165, 1.54) is 13.0 Å². The van der Waals surface area contributed by atoms with Crippen LogP contribution in [0.3, 0.4) is 0 Å². The van der Waals surface area contributed by atoms with Crippen molar-refractivity contribution in [2.75, 3.05) is 20.3 Å². The number of rotatable bonds is 9. The average molecular weight is 466 g/mol. The van der Waals surface area contributed by atoms with Gasteiger partial charge < -0.3 is 25.2 Å². The van der Waals surface area contributed by atoms with Crippen molar-refractivity contribution < 1.29 is 33.8 Å². The third-order valence-electron chi connectivity index (χ3n) is 5.56. The third-order valence-corrected chi connectivity index (χ3v) is 5.56. The van der Waals surface area contributed by atoms with Gasteiger partial charge in [0.05, 0.1) is 13.5 Å². The number of carboxylic acids is 1. The molecule has 2 amide bonds. The van der Waals surface area contributed by atoms with Crippen LogP contribution in [0.4, 0.5) is 4.79 Å². The first-order valence-corrected chi connectivity index (χ1v) is 10.7. The zero-order chi connectivity index (χ0) is 24.7. The average Bonchev–Trinajstić information content (AvgIpc) is 3.15. The molecule has 0 aromatic heterocycles. The molecule has 1 aliphatic carbocycles. The molecule has 0 unspecified atom stereocenters. The number of hydrogen-bond donors (Lipinski definition) is 3. The van der Waals surface area contributed by atoms with Crippen LogP contribution in [0.5, 0.6) is 0 Å². The maximum absolute atomic E-state index is 12.2. The van der Waals surface area contributed by atoms with Gasteiger partial charge in [-0.25, -0.2) is 9.59 Å². The molecule has 0 bridgehead atoms. The first-order chi connectivity index (χ1) is 16.3. The van der Waals surface area contributed by atoms with Crippen LogP contribution in [0.1, 0.15) is 30.4 Å². The first-order valence-electron chi connectivity index (χ1n) is 10.7. The van der Waals surface area contributed by atoms with E-state index in [0.29, 0.717) is 0 Å². The van der Waals surface area contributed by atoms with E-state index in [9.17, 15) is 19.2 Å². The number of carboxylic acid groups (broad SMARTS) is 1. The molecule has 9 heteroatoms. The van der Waals surface area contributed by atoms with E-state index >= 15 is 0 Å². The van der Waals surface area contributed by atoms with E-state index in [1.807, 2.05) is 48.5 Å². The van der Waals surface area contributed by atoms with Crippen LogP contribution < -0.4 is 10.6 Å². The number of carbonyl (C=O) groups excluding carboxylic acids is 3. The molecule has 0 aliphatic heterocycles. The Morgan fingerprint density at radius 2 is 1.62 bits per heavy atom. The van der Waals surface area contributed by atoms with E-state index in [2.05, 4.69) is 15.4 Å². The fourth-order valence-electron chi connectivity index (χ4n) is 3.75. The van der Waals surface area contributed by atoms with Gasteiger partial charge in [0.25, 0.3) is 0 Å². The number of alkyl carbamates (subject to hydrolysis) is 1. The van der Waals surface area contributed by atoms with Crippen molar-refractivity contribution >= 4 is 23.9 Å². The number of fused-ring (bicyclic) bond motifs is 3. The van der Waals surface area contributed by atoms with Gasteiger partial charge in [-0.3, -0.25) is 9.59 Å². The summed E-state index contributed by atoms with van der Waals surface area (Å²) in [5, 5.41) is 14.0. The molecule has 1 aliphatic rings. The largest absolute Gasteiger partial charge is 0.480 e. The summed E-state index contributed by atoms with van der Waals surface area (Å²) in [5.74, 6) is -2.86. The predicted octanol–water partition coefficient (Wildman–Crippen LogP) is 2.60. The second-order valence-electron chi connectivity index (χ2n) is 7.74. The van der Waals surface area contributed by atoms with Crippen LogP contribution in [-0.2, 0) is 23.9 Å². The van der Waals surface area contributed by atoms with Gasteiger partial charge in [0.15, 0.2) is 0 Å². The minimum Gasteiger partial charge on any atom is -0.480 e. The summed E-state index contributed by atoms with van der Waals surface area (Å²) in [4.78, 5) is 46.9. The number of aliphatic carboxylic acids is 1. The van der Waals surface area contributed by atoms with Crippen LogP contribution in [0.2, 0.25) is 0 Å². The summed E-state index contributed by atoms with van der Waals surface area (Å²) in [7, 11) is 1.13. The number of amides is 2. The molecular formula is C25H26N2O7. The van der Waals surface area contributed by atoms with Crippen LogP contribution in [-0.4, -0.2) is 55.3 Å². The lowest BCUT2D eigenvalue weighted by atomic mass is 9.98. The SMILES string of the molecule is COC(=O)C[C@H](NC(=O)/C(C)=C/CNC(=O)OCC1c2ccccc2-c2ccccc21)C(=O)O. The van der Waals surface area contributed by atoms with E-state index in [-0.39, 0.29) is 24.6 Å². The Morgan fingerprint density at radius 3 is 2.18 bits per heavy atom. The van der Waals surface area contributed by atoms with Gasteiger partial charge in [-0.05, 0) is 29.2 Å². The molecule has 3 rings (SSSR count). The van der Waals surface area contributed by atoms with Crippen molar-refractivity contribution in [3.63, 3.8) is 0 Å². The Balaban J connectivity index is 1.51. The smallest absolute Gasteiger partial charge is 0.407 e. The van der Waals surface area contributed by atoms with Crippen LogP contribution >= 0.6 is 0 Å². The highest BCUT2D eigenvalue weighted by atomic mass is 16.5. The van der Waals surface area contributed by atoms with Crippen molar-refractivity contribution in [3.05, 3.63) is 71.3 Å². The lowest BCUT2D eigenvalue weighted by Crippen LogP contribution is -2.42. The number of esters is 1. The number of hydrogen-bond acceptors (Lipinski definition) is 6. The fraction of sp³-hybridized carbons (Fsp3) is 0.280. The molecule has 2 aromatic carbocycles. The van der Waals surface area contributed by atoms with E-state index < -0.39 is 36.4 Å². The molecule has 178 valence electrons. The highest BCUT2D eigenvalue weighted by molar-refractivity contribution is 5.96. The minimum atomic E-state index is -1.42. The van der Waals surface area contributed by atoms with Gasteiger partial charge in [0, 0.05) is 18.0 Å². The second kappa shape index (κ2) is 11.1. The predicted molar refractivity (Wildman–Crippen MR) is 123 cm³/mol. The van der Waals surface area contributed by atoms with Crippen molar-refractivity contribution in [2.45, 2.75) is 25.3 Å². The van der Waals surface area contributed by atoms with Crippen molar-refractivity contribution in [2.24, 2.45) is 0 Å². The third kappa shape index (κ3) is 5.80. The quantitative estimate of drug-likeness (QED) is 0.382. The standard InChI is InChI=1S/C25H26N2O7/c1-15(23(29)27-21(24(30)31)13-22(28)33-2)11-12-26-25(32)34-14-20-18-9-5-3-7-16(18)17-8-4-6-10-19(17)20/h3-11,20-21H,12-14H2,1-2H3,(H,26,32)(H,27,29)(H,30,31)/b15-11+/t21-/m0/s1. The molecule has 0 saturated heterocycles. The lowest BCUT2D eigenvalue weighted by Gasteiger charge is -2.15. The number of methoxy groups -OCH3 is 1. The summed E-state index contributed by atoms with van der Waals surface area (Å²) in [6.07, 6.45) is 0.289. The fourth-order valence-corrected chi connectivity index (χ4v) is 3.75. The molecule has 0 spiro atoms. The van der Waals surface area contributed by atoms with Crippen molar-refractivity contribution in [3.8, 4) is 11.1 Å². The molecular weight excluding hydrogens is 440 g/mol. The Bertz CT molecular complexity index is 1080. The summed E-state index contributed by atoms with van der Waals surface area (Å²) in [5.41, 5.74) is 4.63. The number of carbonyl (C=O) groups is 4. The topological polar surface area (TPSA) is 131 Å². The Labute approximate surface area is 196 Å². The molecule has 34 heavy (non-hydrogen) atoms. The molecule has 0 fully saturated rings. The van der Waals surface area contributed by atoms with Crippen molar-refractivity contribution in [1.29, 1.82) is 0 Å². The van der Waals surface area contributed by atoms with Crippen LogP contribution in [0.15, 0.2) is 60.2 Å². The normalized spacial score (nSPS) is 13.3. The summed E-state index contributed by atoms with van der Waals surface area (Å²) in [6.45, 7) is 1.63. The van der Waals surface area contributed by atoms with Gasteiger partial charge >= 0.3 is 18.0 Å². The van der Waals surface area contributed by atoms with E-state index in [4.69, 9.17) is 9.84 Å².